The number of nitrogens with two attached hydrogens (primary N) is 1. The Kier molecular flexibility index (Phi) is 2.99. The van der Waals surface area contributed by atoms with Gasteiger partial charge in [-0.1, -0.05) is 0 Å². The molecule has 1 aromatic carbocycles. The van der Waals surface area contributed by atoms with Crippen LogP contribution in [0.25, 0.3) is 0 Å². The van der Waals surface area contributed by atoms with Crippen LogP contribution in [-0.4, -0.2) is 9.55 Å². The molecule has 1 aromatic heterocycles. The van der Waals surface area contributed by atoms with Gasteiger partial charge in [-0.05, 0) is 31.0 Å². The molecule has 5 heteroatoms. The van der Waals surface area contributed by atoms with E-state index in [2.05, 4.69) is 9.55 Å². The molecular formula is C13H14FN3S. The third-order valence-electron chi connectivity index (χ3n) is 2.97. The van der Waals surface area contributed by atoms with Crippen LogP contribution < -0.4 is 5.73 Å². The molecule has 0 saturated heterocycles. The topological polar surface area (TPSA) is 43.8 Å². The average molecular weight is 263 g/mol. The van der Waals surface area contributed by atoms with Crippen molar-refractivity contribution in [1.82, 2.24) is 9.55 Å². The standard InChI is InChI=1S/C13H14FN3S/c14-9-3-10(15)5-13(4-9)18-7-12-6-16-8-17(12)11-1-2-11/h3-6,8,11H,1-2,7,15H2. The first-order chi connectivity index (χ1) is 8.72. The normalized spacial score (nSPS) is 14.9. The number of halogens is 1. The highest BCUT2D eigenvalue weighted by atomic mass is 32.2. The second-order valence-corrected chi connectivity index (χ2v) is 5.58. The molecule has 1 aliphatic rings. The van der Waals surface area contributed by atoms with Crippen molar-refractivity contribution in [1.29, 1.82) is 0 Å². The van der Waals surface area contributed by atoms with E-state index in [1.165, 1.54) is 30.7 Å². The second kappa shape index (κ2) is 4.65. The Labute approximate surface area is 109 Å². The minimum atomic E-state index is -0.284. The van der Waals surface area contributed by atoms with E-state index in [1.807, 2.05) is 12.5 Å². The van der Waals surface area contributed by atoms with Crippen molar-refractivity contribution in [2.45, 2.75) is 29.5 Å². The van der Waals surface area contributed by atoms with E-state index in [0.717, 1.165) is 10.6 Å². The third-order valence-corrected chi connectivity index (χ3v) is 3.98. The van der Waals surface area contributed by atoms with Gasteiger partial charge in [0.15, 0.2) is 0 Å². The number of nitrogens with zero attached hydrogens (tertiary/aromatic N) is 2. The number of aromatic nitrogens is 2. The van der Waals surface area contributed by atoms with Gasteiger partial charge < -0.3 is 10.3 Å². The Morgan fingerprint density at radius 3 is 2.94 bits per heavy atom. The molecule has 3 rings (SSSR count). The first-order valence-corrected chi connectivity index (χ1v) is 6.90. The number of nitrogen functional groups attached to an aromatic ring is 1. The number of hydrogen-bond donors (Lipinski definition) is 1. The lowest BCUT2D eigenvalue weighted by Crippen LogP contribution is -1.97. The number of anilines is 1. The van der Waals surface area contributed by atoms with Gasteiger partial charge in [0.2, 0.25) is 0 Å². The third kappa shape index (κ3) is 2.51. The lowest BCUT2D eigenvalue weighted by molar-refractivity contribution is 0.625. The summed E-state index contributed by atoms with van der Waals surface area (Å²) in [4.78, 5) is 5.04. The van der Waals surface area contributed by atoms with Crippen LogP contribution in [0.1, 0.15) is 24.6 Å². The summed E-state index contributed by atoms with van der Waals surface area (Å²) >= 11 is 1.58. The van der Waals surface area contributed by atoms with Gasteiger partial charge in [-0.15, -0.1) is 11.8 Å². The van der Waals surface area contributed by atoms with Crippen molar-refractivity contribution < 1.29 is 4.39 Å². The largest absolute Gasteiger partial charge is 0.399 e. The van der Waals surface area contributed by atoms with E-state index in [1.54, 1.807) is 17.8 Å². The Balaban J connectivity index is 1.71. The highest BCUT2D eigenvalue weighted by Gasteiger charge is 2.25. The molecule has 0 atom stereocenters. The molecule has 1 saturated carbocycles. The molecule has 0 amide bonds. The fourth-order valence-corrected chi connectivity index (χ4v) is 2.90. The van der Waals surface area contributed by atoms with Gasteiger partial charge in [0.1, 0.15) is 5.82 Å². The quantitative estimate of drug-likeness (QED) is 0.680. The van der Waals surface area contributed by atoms with Gasteiger partial charge in [-0.25, -0.2) is 9.37 Å². The molecule has 94 valence electrons. The molecule has 2 aromatic rings. The van der Waals surface area contributed by atoms with Crippen LogP contribution in [0.4, 0.5) is 10.1 Å². The van der Waals surface area contributed by atoms with E-state index in [9.17, 15) is 4.39 Å². The van der Waals surface area contributed by atoms with Crippen LogP contribution >= 0.6 is 11.8 Å². The molecule has 1 heterocycles. The predicted molar refractivity (Wildman–Crippen MR) is 70.9 cm³/mol. The smallest absolute Gasteiger partial charge is 0.126 e. The molecule has 0 radical (unpaired) electrons. The van der Waals surface area contributed by atoms with Crippen molar-refractivity contribution in [2.24, 2.45) is 0 Å². The van der Waals surface area contributed by atoms with Crippen LogP contribution in [-0.2, 0) is 5.75 Å². The summed E-state index contributed by atoms with van der Waals surface area (Å²) in [5, 5.41) is 0. The highest BCUT2D eigenvalue weighted by molar-refractivity contribution is 7.98. The number of benzene rings is 1. The van der Waals surface area contributed by atoms with Crippen molar-refractivity contribution in [2.75, 3.05) is 5.73 Å². The number of rotatable bonds is 4. The molecule has 0 aliphatic heterocycles. The summed E-state index contributed by atoms with van der Waals surface area (Å²) in [6.07, 6.45) is 6.24. The van der Waals surface area contributed by atoms with Crippen LogP contribution in [0.5, 0.6) is 0 Å². The van der Waals surface area contributed by atoms with E-state index < -0.39 is 0 Å². The first-order valence-electron chi connectivity index (χ1n) is 5.92. The zero-order valence-corrected chi connectivity index (χ0v) is 10.7. The van der Waals surface area contributed by atoms with Crippen LogP contribution in [0.15, 0.2) is 35.6 Å². The summed E-state index contributed by atoms with van der Waals surface area (Å²) in [6.45, 7) is 0. The van der Waals surface area contributed by atoms with Gasteiger partial charge in [-0.2, -0.15) is 0 Å². The van der Waals surface area contributed by atoms with Gasteiger partial charge >= 0.3 is 0 Å². The van der Waals surface area contributed by atoms with Crippen molar-refractivity contribution >= 4 is 17.4 Å². The van der Waals surface area contributed by atoms with Crippen molar-refractivity contribution in [3.05, 3.63) is 42.2 Å². The Bertz CT molecular complexity index is 543. The molecule has 0 unspecified atom stereocenters. The number of hydrogen-bond acceptors (Lipinski definition) is 3. The zero-order valence-electron chi connectivity index (χ0n) is 9.84. The van der Waals surface area contributed by atoms with Gasteiger partial charge in [0.05, 0.1) is 6.33 Å². The SMILES string of the molecule is Nc1cc(F)cc(SCc2cncn2C2CC2)c1. The molecule has 18 heavy (non-hydrogen) atoms. The molecule has 2 N–H and O–H groups in total. The summed E-state index contributed by atoms with van der Waals surface area (Å²) in [7, 11) is 0. The minimum Gasteiger partial charge on any atom is -0.399 e. The average Bonchev–Trinajstić information content (AvgIpc) is 3.05. The maximum Gasteiger partial charge on any atom is 0.126 e. The molecule has 1 fully saturated rings. The number of imidazole rings is 1. The highest BCUT2D eigenvalue weighted by Crippen LogP contribution is 2.37. The monoisotopic (exact) mass is 263 g/mol. The Morgan fingerprint density at radius 2 is 2.22 bits per heavy atom. The number of thioether (sulfide) groups is 1. The zero-order chi connectivity index (χ0) is 12.5. The predicted octanol–water partition coefficient (Wildman–Crippen LogP) is 3.23. The maximum atomic E-state index is 13.2. The summed E-state index contributed by atoms with van der Waals surface area (Å²) < 4.78 is 15.4. The van der Waals surface area contributed by atoms with E-state index in [4.69, 9.17) is 5.73 Å². The minimum absolute atomic E-state index is 0.284. The van der Waals surface area contributed by atoms with Crippen molar-refractivity contribution in [3.8, 4) is 0 Å². The Hall–Kier alpha value is -1.49. The van der Waals surface area contributed by atoms with Crippen LogP contribution in [0, 0.1) is 5.82 Å². The van der Waals surface area contributed by atoms with Crippen LogP contribution in [0.3, 0.4) is 0 Å². The van der Waals surface area contributed by atoms with E-state index in [-0.39, 0.29) is 5.82 Å². The molecule has 3 nitrogen and oxygen atoms in total. The summed E-state index contributed by atoms with van der Waals surface area (Å²) in [5.41, 5.74) is 7.28. The summed E-state index contributed by atoms with van der Waals surface area (Å²) in [5.74, 6) is 0.507. The Morgan fingerprint density at radius 1 is 1.39 bits per heavy atom. The second-order valence-electron chi connectivity index (χ2n) is 4.53. The lowest BCUT2D eigenvalue weighted by Gasteiger charge is -2.07. The fraction of sp³-hybridized carbons (Fsp3) is 0.308. The van der Waals surface area contributed by atoms with Crippen molar-refractivity contribution in [3.63, 3.8) is 0 Å². The summed E-state index contributed by atoms with van der Waals surface area (Å²) in [6, 6.07) is 5.27. The van der Waals surface area contributed by atoms with Gasteiger partial charge in [0, 0.05) is 34.3 Å². The van der Waals surface area contributed by atoms with E-state index >= 15 is 0 Å². The fourth-order valence-electron chi connectivity index (χ4n) is 1.95. The first kappa shape index (κ1) is 11.6. The molecule has 1 aliphatic carbocycles. The molecular weight excluding hydrogens is 249 g/mol. The maximum absolute atomic E-state index is 13.2. The molecule has 0 spiro atoms. The lowest BCUT2D eigenvalue weighted by atomic mass is 10.3. The van der Waals surface area contributed by atoms with E-state index in [0.29, 0.717) is 11.7 Å². The van der Waals surface area contributed by atoms with Crippen LogP contribution in [0.2, 0.25) is 0 Å². The molecule has 0 bridgehead atoms. The van der Waals surface area contributed by atoms with Gasteiger partial charge in [-0.3, -0.25) is 0 Å². The van der Waals surface area contributed by atoms with Gasteiger partial charge in [0.25, 0.3) is 0 Å².